The van der Waals surface area contributed by atoms with E-state index in [0.29, 0.717) is 16.4 Å². The van der Waals surface area contributed by atoms with Crippen molar-refractivity contribution in [3.8, 4) is 23.1 Å². The van der Waals surface area contributed by atoms with Crippen molar-refractivity contribution in [2.45, 2.75) is 19.8 Å². The first-order valence-corrected chi connectivity index (χ1v) is 9.54. The van der Waals surface area contributed by atoms with E-state index in [1.165, 1.54) is 16.9 Å². The molecule has 0 fully saturated rings. The second kappa shape index (κ2) is 8.97. The van der Waals surface area contributed by atoms with Gasteiger partial charge < -0.3 is 4.74 Å². The lowest BCUT2D eigenvalue weighted by Crippen LogP contribution is -2.20. The molecule has 0 bridgehead atoms. The highest BCUT2D eigenvalue weighted by Crippen LogP contribution is 2.25. The molecular weight excluding hydrogens is 358 g/mol. The van der Waals surface area contributed by atoms with Crippen LogP contribution in [0.2, 0.25) is 0 Å². The molecule has 1 aromatic heterocycles. The number of nitrogens with one attached hydrogen (secondary N) is 1. The van der Waals surface area contributed by atoms with Crippen molar-refractivity contribution in [2.75, 3.05) is 11.9 Å². The Morgan fingerprint density at radius 2 is 2.00 bits per heavy atom. The summed E-state index contributed by atoms with van der Waals surface area (Å²) in [7, 11) is 0. The van der Waals surface area contributed by atoms with Crippen molar-refractivity contribution < 1.29 is 9.53 Å². The third-order valence-electron chi connectivity index (χ3n) is 3.91. The van der Waals surface area contributed by atoms with Crippen LogP contribution in [0.3, 0.4) is 0 Å². The van der Waals surface area contributed by atoms with Crippen LogP contribution < -0.4 is 10.1 Å². The Hall–Kier alpha value is -3.17. The minimum atomic E-state index is -0.318. The molecule has 1 N–H and O–H groups in total. The van der Waals surface area contributed by atoms with Crippen molar-refractivity contribution >= 4 is 22.4 Å². The lowest BCUT2D eigenvalue weighted by atomic mass is 10.1. The number of carbonyl (C=O) groups excluding carboxylic acids is 1. The molecule has 0 saturated heterocycles. The van der Waals surface area contributed by atoms with Crippen LogP contribution >= 0.6 is 11.3 Å². The molecule has 0 aliphatic carbocycles. The van der Waals surface area contributed by atoms with Crippen LogP contribution in [0.5, 0.6) is 5.75 Å². The van der Waals surface area contributed by atoms with E-state index in [0.717, 1.165) is 24.1 Å². The maximum Gasteiger partial charge on any atom is 0.264 e. The van der Waals surface area contributed by atoms with Gasteiger partial charge in [-0.25, -0.2) is 4.98 Å². The predicted octanol–water partition coefficient (Wildman–Crippen LogP) is 4.65. The van der Waals surface area contributed by atoms with Gasteiger partial charge in [0.2, 0.25) is 0 Å². The molecule has 0 saturated carbocycles. The maximum atomic E-state index is 12.1. The molecule has 0 aliphatic heterocycles. The Labute approximate surface area is 162 Å². The number of nitriles is 1. The van der Waals surface area contributed by atoms with Gasteiger partial charge in [0.25, 0.3) is 5.91 Å². The zero-order valence-corrected chi connectivity index (χ0v) is 15.8. The lowest BCUT2D eigenvalue weighted by molar-refractivity contribution is -0.118. The molecule has 3 aromatic rings. The number of hydrogen-bond donors (Lipinski definition) is 1. The molecule has 0 unspecified atom stereocenters. The van der Waals surface area contributed by atoms with Gasteiger partial charge in [0.1, 0.15) is 11.8 Å². The van der Waals surface area contributed by atoms with Crippen LogP contribution in [0.1, 0.15) is 24.5 Å². The van der Waals surface area contributed by atoms with Crippen LogP contribution in [0.4, 0.5) is 5.13 Å². The first kappa shape index (κ1) is 18.6. The zero-order chi connectivity index (χ0) is 19.1. The fourth-order valence-corrected chi connectivity index (χ4v) is 3.31. The molecule has 0 aliphatic rings. The number of nitrogens with zero attached hydrogens (tertiary/aromatic N) is 2. The fraction of sp³-hybridized carbons (Fsp3) is 0.190. The molecule has 5 nitrogen and oxygen atoms in total. The summed E-state index contributed by atoms with van der Waals surface area (Å²) in [6.07, 6.45) is 2.18. The quantitative estimate of drug-likeness (QED) is 0.650. The third-order valence-corrected chi connectivity index (χ3v) is 4.66. The number of carbonyl (C=O) groups is 1. The molecule has 27 heavy (non-hydrogen) atoms. The predicted molar refractivity (Wildman–Crippen MR) is 107 cm³/mol. The van der Waals surface area contributed by atoms with Gasteiger partial charge in [-0.05, 0) is 24.1 Å². The van der Waals surface area contributed by atoms with E-state index in [-0.39, 0.29) is 12.5 Å². The Kier molecular flexibility index (Phi) is 6.18. The van der Waals surface area contributed by atoms with Gasteiger partial charge in [-0.1, -0.05) is 49.7 Å². The van der Waals surface area contributed by atoms with Crippen molar-refractivity contribution in [3.05, 3.63) is 65.0 Å². The topological polar surface area (TPSA) is 75.0 Å². The maximum absolute atomic E-state index is 12.1. The van der Waals surface area contributed by atoms with Gasteiger partial charge >= 0.3 is 0 Å². The number of anilines is 1. The summed E-state index contributed by atoms with van der Waals surface area (Å²) < 4.78 is 5.43. The molecule has 0 radical (unpaired) electrons. The van der Waals surface area contributed by atoms with E-state index in [2.05, 4.69) is 29.4 Å². The molecular formula is C21H19N3O2S. The fourth-order valence-electron chi connectivity index (χ4n) is 2.58. The molecule has 3 rings (SSSR count). The van der Waals surface area contributed by atoms with E-state index < -0.39 is 0 Å². The average Bonchev–Trinajstić information content (AvgIpc) is 3.16. The minimum Gasteiger partial charge on any atom is -0.482 e. The van der Waals surface area contributed by atoms with E-state index >= 15 is 0 Å². The highest BCUT2D eigenvalue weighted by Gasteiger charge is 2.10. The van der Waals surface area contributed by atoms with E-state index in [1.54, 1.807) is 24.3 Å². The summed E-state index contributed by atoms with van der Waals surface area (Å²) in [6.45, 7) is 1.98. The van der Waals surface area contributed by atoms with Crippen LogP contribution in [-0.4, -0.2) is 17.5 Å². The summed E-state index contributed by atoms with van der Waals surface area (Å²) >= 11 is 1.37. The van der Waals surface area contributed by atoms with E-state index in [1.807, 2.05) is 23.6 Å². The van der Waals surface area contributed by atoms with Crippen molar-refractivity contribution in [1.29, 1.82) is 5.26 Å². The van der Waals surface area contributed by atoms with Gasteiger partial charge in [-0.2, -0.15) is 5.26 Å². The molecule has 0 spiro atoms. The number of amides is 1. The van der Waals surface area contributed by atoms with E-state index in [4.69, 9.17) is 10.00 Å². The smallest absolute Gasteiger partial charge is 0.264 e. The molecule has 136 valence electrons. The van der Waals surface area contributed by atoms with Crippen molar-refractivity contribution in [3.63, 3.8) is 0 Å². The summed E-state index contributed by atoms with van der Waals surface area (Å²) in [5.41, 5.74) is 3.55. The van der Waals surface area contributed by atoms with Crippen molar-refractivity contribution in [2.24, 2.45) is 0 Å². The SMILES string of the molecule is CCCc1ccc(-c2csc(NC(=O)COc3ccccc3C#N)n2)cc1. The monoisotopic (exact) mass is 377 g/mol. The number of hydrogen-bond acceptors (Lipinski definition) is 5. The Bertz CT molecular complexity index is 958. The molecule has 0 atom stereocenters. The number of aryl methyl sites for hydroxylation is 1. The van der Waals surface area contributed by atoms with Crippen LogP contribution in [0, 0.1) is 11.3 Å². The second-order valence-electron chi connectivity index (χ2n) is 5.93. The third kappa shape index (κ3) is 4.93. The van der Waals surface area contributed by atoms with Crippen molar-refractivity contribution in [1.82, 2.24) is 4.98 Å². The Balaban J connectivity index is 1.58. The minimum absolute atomic E-state index is 0.181. The standard InChI is InChI=1S/C21H19N3O2S/c1-2-5-15-8-10-16(11-9-15)18-14-27-21(23-18)24-20(25)13-26-19-7-4-3-6-17(19)12-22/h3-4,6-11,14H,2,5,13H2,1H3,(H,23,24,25). The summed E-state index contributed by atoms with van der Waals surface area (Å²) in [4.78, 5) is 16.6. The lowest BCUT2D eigenvalue weighted by Gasteiger charge is -2.07. The molecule has 1 amide bonds. The molecule has 1 heterocycles. The van der Waals surface area contributed by atoms with Crippen LogP contribution in [0.25, 0.3) is 11.3 Å². The average molecular weight is 377 g/mol. The van der Waals surface area contributed by atoms with Gasteiger partial charge in [0.05, 0.1) is 11.3 Å². The summed E-state index contributed by atoms with van der Waals surface area (Å²) in [6, 6.07) is 17.2. The number of thiazole rings is 1. The molecule has 6 heteroatoms. The molecule has 2 aromatic carbocycles. The summed E-state index contributed by atoms with van der Waals surface area (Å²) in [5.74, 6) is 0.0732. The highest BCUT2D eigenvalue weighted by molar-refractivity contribution is 7.14. The zero-order valence-electron chi connectivity index (χ0n) is 14.9. The number of rotatable bonds is 7. The number of ether oxygens (including phenoxy) is 1. The first-order valence-electron chi connectivity index (χ1n) is 8.66. The van der Waals surface area contributed by atoms with Crippen LogP contribution in [-0.2, 0) is 11.2 Å². The Morgan fingerprint density at radius 1 is 1.22 bits per heavy atom. The van der Waals surface area contributed by atoms with Gasteiger partial charge in [0, 0.05) is 10.9 Å². The number of benzene rings is 2. The first-order chi connectivity index (χ1) is 13.2. The van der Waals surface area contributed by atoms with E-state index in [9.17, 15) is 4.79 Å². The van der Waals surface area contributed by atoms with Gasteiger partial charge in [-0.3, -0.25) is 10.1 Å². The number of aromatic nitrogens is 1. The highest BCUT2D eigenvalue weighted by atomic mass is 32.1. The summed E-state index contributed by atoms with van der Waals surface area (Å²) in [5, 5.41) is 14.2. The van der Waals surface area contributed by atoms with Crippen LogP contribution in [0.15, 0.2) is 53.9 Å². The second-order valence-corrected chi connectivity index (χ2v) is 6.79. The largest absolute Gasteiger partial charge is 0.482 e. The van der Waals surface area contributed by atoms with Gasteiger partial charge in [-0.15, -0.1) is 11.3 Å². The Morgan fingerprint density at radius 3 is 2.74 bits per heavy atom. The number of para-hydroxylation sites is 1. The van der Waals surface area contributed by atoms with Gasteiger partial charge in [0.15, 0.2) is 11.7 Å². The normalized spacial score (nSPS) is 10.2.